The van der Waals surface area contributed by atoms with Crippen molar-refractivity contribution in [2.45, 2.75) is 12.6 Å². The second kappa shape index (κ2) is 8.10. The van der Waals surface area contributed by atoms with Crippen molar-refractivity contribution in [2.75, 3.05) is 31.1 Å². The summed E-state index contributed by atoms with van der Waals surface area (Å²) in [5.74, 6) is 0.301. The van der Waals surface area contributed by atoms with Crippen LogP contribution in [0.15, 0.2) is 48.8 Å². The molecule has 9 heteroatoms. The Morgan fingerprint density at radius 3 is 2.60 bits per heavy atom. The van der Waals surface area contributed by atoms with Gasteiger partial charge in [-0.1, -0.05) is 17.7 Å². The number of carbonyl (C=O) groups is 1. The number of hydrogen-bond acceptors (Lipinski definition) is 4. The molecule has 4 rings (SSSR count). The molecule has 0 radical (unpaired) electrons. The summed E-state index contributed by atoms with van der Waals surface area (Å²) in [5.41, 5.74) is 0.259. The molecule has 1 amide bonds. The maximum absolute atomic E-state index is 13.2. The van der Waals surface area contributed by atoms with Gasteiger partial charge in [-0.2, -0.15) is 13.2 Å². The van der Waals surface area contributed by atoms with Crippen molar-refractivity contribution in [1.82, 2.24) is 14.9 Å². The van der Waals surface area contributed by atoms with Gasteiger partial charge in [0.1, 0.15) is 5.82 Å². The van der Waals surface area contributed by atoms with Gasteiger partial charge in [0.05, 0.1) is 16.6 Å². The van der Waals surface area contributed by atoms with Crippen molar-refractivity contribution in [3.63, 3.8) is 0 Å². The molecule has 0 aliphatic carbocycles. The van der Waals surface area contributed by atoms with E-state index >= 15 is 0 Å². The number of nitrogens with zero attached hydrogens (tertiary/aromatic N) is 4. The summed E-state index contributed by atoms with van der Waals surface area (Å²) < 4.78 is 38.3. The van der Waals surface area contributed by atoms with Crippen molar-refractivity contribution >= 4 is 34.2 Å². The monoisotopic (exact) mass is 434 g/mol. The van der Waals surface area contributed by atoms with Crippen LogP contribution in [0.3, 0.4) is 0 Å². The molecule has 1 saturated heterocycles. The largest absolute Gasteiger partial charge is 0.417 e. The van der Waals surface area contributed by atoms with Crippen molar-refractivity contribution in [3.05, 3.63) is 64.9 Å². The number of aromatic nitrogens is 2. The standard InChI is InChI=1S/C21H18ClF3N4O/c22-16-11-14-3-1-6-26-19(14)17(12-16)20(30)29-8-2-7-28(9-10-29)18-5-4-15(13-27-18)21(23,24)25/h1,3-6,11-13H,2,7-10H2. The van der Waals surface area contributed by atoms with Gasteiger partial charge in [-0.3, -0.25) is 9.78 Å². The van der Waals surface area contributed by atoms with E-state index in [4.69, 9.17) is 11.6 Å². The summed E-state index contributed by atoms with van der Waals surface area (Å²) in [6.07, 6.45) is -1.28. The Balaban J connectivity index is 1.52. The molecule has 0 bridgehead atoms. The first-order valence-electron chi connectivity index (χ1n) is 9.45. The molecule has 1 aliphatic rings. The average Bonchev–Trinajstić information content (AvgIpc) is 2.98. The fraction of sp³-hybridized carbons (Fsp3) is 0.286. The van der Waals surface area contributed by atoms with Crippen LogP contribution in [0.4, 0.5) is 19.0 Å². The first kappa shape index (κ1) is 20.4. The van der Waals surface area contributed by atoms with Crippen LogP contribution in [-0.2, 0) is 6.18 Å². The van der Waals surface area contributed by atoms with E-state index < -0.39 is 11.7 Å². The van der Waals surface area contributed by atoms with E-state index in [0.717, 1.165) is 17.6 Å². The normalized spacial score (nSPS) is 15.3. The van der Waals surface area contributed by atoms with Crippen molar-refractivity contribution in [1.29, 1.82) is 0 Å². The number of anilines is 1. The van der Waals surface area contributed by atoms with Gasteiger partial charge in [-0.25, -0.2) is 4.98 Å². The van der Waals surface area contributed by atoms with Crippen molar-refractivity contribution in [3.8, 4) is 0 Å². The minimum absolute atomic E-state index is 0.163. The number of benzene rings is 1. The van der Waals surface area contributed by atoms with Crippen LogP contribution < -0.4 is 4.90 Å². The highest BCUT2D eigenvalue weighted by atomic mass is 35.5. The zero-order chi connectivity index (χ0) is 21.3. The molecular formula is C21H18ClF3N4O. The molecule has 1 aliphatic heterocycles. The predicted molar refractivity (Wildman–Crippen MR) is 109 cm³/mol. The van der Waals surface area contributed by atoms with Gasteiger partial charge in [0.2, 0.25) is 0 Å². The zero-order valence-corrected chi connectivity index (χ0v) is 16.6. The lowest BCUT2D eigenvalue weighted by Crippen LogP contribution is -2.35. The van der Waals surface area contributed by atoms with E-state index in [0.29, 0.717) is 54.5 Å². The number of alkyl halides is 3. The smallest absolute Gasteiger partial charge is 0.355 e. The first-order valence-corrected chi connectivity index (χ1v) is 9.82. The number of amides is 1. The quantitative estimate of drug-likeness (QED) is 0.589. The molecular weight excluding hydrogens is 417 g/mol. The second-order valence-electron chi connectivity index (χ2n) is 7.06. The Labute approximate surface area is 176 Å². The number of halogens is 4. The number of fused-ring (bicyclic) bond motifs is 1. The topological polar surface area (TPSA) is 49.3 Å². The number of carbonyl (C=O) groups excluding carboxylic acids is 1. The Morgan fingerprint density at radius 2 is 1.87 bits per heavy atom. The zero-order valence-electron chi connectivity index (χ0n) is 15.9. The lowest BCUT2D eigenvalue weighted by Gasteiger charge is -2.23. The summed E-state index contributed by atoms with van der Waals surface area (Å²) in [6.45, 7) is 2.01. The third-order valence-corrected chi connectivity index (χ3v) is 5.30. The average molecular weight is 435 g/mol. The number of hydrogen-bond donors (Lipinski definition) is 0. The molecule has 5 nitrogen and oxygen atoms in total. The van der Waals surface area contributed by atoms with Gasteiger partial charge in [-0.15, -0.1) is 0 Å². The van der Waals surface area contributed by atoms with Gasteiger partial charge in [0.15, 0.2) is 0 Å². The predicted octanol–water partition coefficient (Wildman–Crippen LogP) is 4.65. The fourth-order valence-corrected chi connectivity index (χ4v) is 3.81. The van der Waals surface area contributed by atoms with E-state index in [-0.39, 0.29) is 5.91 Å². The molecule has 0 N–H and O–H groups in total. The third kappa shape index (κ3) is 4.18. The Kier molecular flexibility index (Phi) is 5.51. The fourth-order valence-electron chi connectivity index (χ4n) is 3.58. The van der Waals surface area contributed by atoms with E-state index in [2.05, 4.69) is 9.97 Å². The molecule has 3 aromatic rings. The maximum atomic E-state index is 13.2. The van der Waals surface area contributed by atoms with Gasteiger partial charge < -0.3 is 9.80 Å². The highest BCUT2D eigenvalue weighted by Crippen LogP contribution is 2.29. The molecule has 0 unspecified atom stereocenters. The van der Waals surface area contributed by atoms with Crippen molar-refractivity contribution < 1.29 is 18.0 Å². The lowest BCUT2D eigenvalue weighted by atomic mass is 10.1. The molecule has 2 aromatic heterocycles. The summed E-state index contributed by atoms with van der Waals surface area (Å²) >= 11 is 6.19. The van der Waals surface area contributed by atoms with Crippen LogP contribution in [-0.4, -0.2) is 47.0 Å². The summed E-state index contributed by atoms with van der Waals surface area (Å²) in [5, 5.41) is 1.25. The first-order chi connectivity index (χ1) is 14.3. The van der Waals surface area contributed by atoms with Gasteiger partial charge >= 0.3 is 6.18 Å². The number of pyridine rings is 2. The van der Waals surface area contributed by atoms with Crippen LogP contribution in [0.25, 0.3) is 10.9 Å². The van der Waals surface area contributed by atoms with Crippen LogP contribution in [0.2, 0.25) is 5.02 Å². The SMILES string of the molecule is O=C(c1cc(Cl)cc2cccnc12)N1CCCN(c2ccc(C(F)(F)F)cn2)CC1. The van der Waals surface area contributed by atoms with Crippen LogP contribution in [0.1, 0.15) is 22.3 Å². The van der Waals surface area contributed by atoms with Crippen LogP contribution in [0.5, 0.6) is 0 Å². The van der Waals surface area contributed by atoms with Crippen LogP contribution >= 0.6 is 11.6 Å². The minimum atomic E-state index is -4.42. The van der Waals surface area contributed by atoms with Gasteiger partial charge in [0, 0.05) is 49.0 Å². The lowest BCUT2D eigenvalue weighted by molar-refractivity contribution is -0.137. The van der Waals surface area contributed by atoms with E-state index in [9.17, 15) is 18.0 Å². The second-order valence-corrected chi connectivity index (χ2v) is 7.50. The Bertz CT molecular complexity index is 1070. The Hall–Kier alpha value is -2.87. The van der Waals surface area contributed by atoms with E-state index in [1.54, 1.807) is 29.3 Å². The molecule has 1 fully saturated rings. The summed E-state index contributed by atoms with van der Waals surface area (Å²) in [4.78, 5) is 25.1. The molecule has 3 heterocycles. The van der Waals surface area contributed by atoms with Crippen molar-refractivity contribution in [2.24, 2.45) is 0 Å². The molecule has 0 atom stereocenters. The summed E-state index contributed by atoms with van der Waals surface area (Å²) in [6, 6.07) is 9.42. The van der Waals surface area contributed by atoms with Crippen LogP contribution in [0, 0.1) is 0 Å². The molecule has 30 heavy (non-hydrogen) atoms. The van der Waals surface area contributed by atoms with E-state index in [1.807, 2.05) is 11.0 Å². The molecule has 0 spiro atoms. The molecule has 0 saturated carbocycles. The third-order valence-electron chi connectivity index (χ3n) is 5.08. The Morgan fingerprint density at radius 1 is 1.03 bits per heavy atom. The minimum Gasteiger partial charge on any atom is -0.355 e. The maximum Gasteiger partial charge on any atom is 0.417 e. The molecule has 156 valence electrons. The highest BCUT2D eigenvalue weighted by molar-refractivity contribution is 6.32. The summed E-state index contributed by atoms with van der Waals surface area (Å²) in [7, 11) is 0. The van der Waals surface area contributed by atoms with Gasteiger partial charge in [-0.05, 0) is 36.8 Å². The molecule has 1 aromatic carbocycles. The van der Waals surface area contributed by atoms with E-state index in [1.165, 1.54) is 6.07 Å². The number of rotatable bonds is 2. The van der Waals surface area contributed by atoms with Gasteiger partial charge in [0.25, 0.3) is 5.91 Å². The highest BCUT2D eigenvalue weighted by Gasteiger charge is 2.31.